The average Bonchev–Trinajstić information content (AvgIpc) is 3.18. The minimum Gasteiger partial charge on any atom is -0.394 e. The van der Waals surface area contributed by atoms with E-state index >= 15 is 0 Å². The molecule has 4 unspecified atom stereocenters. The van der Waals surface area contributed by atoms with Crippen molar-refractivity contribution in [2.45, 2.75) is 257 Å². The molecule has 5 N–H and O–H groups in total. The zero-order valence-electron chi connectivity index (χ0n) is 35.7. The van der Waals surface area contributed by atoms with Crippen LogP contribution < -0.4 is 5.32 Å². The van der Waals surface area contributed by atoms with Crippen LogP contribution in [0.2, 0.25) is 0 Å². The van der Waals surface area contributed by atoms with Crippen molar-refractivity contribution in [1.82, 2.24) is 5.32 Å². The molecule has 0 aliphatic carbocycles. The number of allylic oxidation sites excluding steroid dienone is 6. The summed E-state index contributed by atoms with van der Waals surface area (Å²) >= 11 is 0. The molecule has 4 atom stereocenters. The Hall–Kier alpha value is -1.47. The molecule has 1 amide bonds. The van der Waals surface area contributed by atoms with Gasteiger partial charge in [0.05, 0.1) is 18.8 Å². The maximum atomic E-state index is 12.5. The molecule has 0 heterocycles. The Morgan fingerprint density at radius 3 is 1.17 bits per heavy atom. The molecule has 54 heavy (non-hydrogen) atoms. The van der Waals surface area contributed by atoms with Gasteiger partial charge in [-0.2, -0.15) is 0 Å². The highest BCUT2D eigenvalue weighted by atomic mass is 16.3. The number of amides is 1. The fourth-order valence-electron chi connectivity index (χ4n) is 7.08. The molecule has 318 valence electrons. The minimum atomic E-state index is -1.29. The first kappa shape index (κ1) is 52.5. The Balaban J connectivity index is 3.79. The molecule has 0 bridgehead atoms. The molecule has 6 nitrogen and oxygen atoms in total. The Bertz CT molecular complexity index is 858. The molecular weight excluding hydrogens is 671 g/mol. The first-order valence-electron chi connectivity index (χ1n) is 23.4. The lowest BCUT2D eigenvalue weighted by Gasteiger charge is -2.27. The highest BCUT2D eigenvalue weighted by molar-refractivity contribution is 5.80. The second kappa shape index (κ2) is 42.7. The number of nitrogens with one attached hydrogen (secondary N) is 1. The van der Waals surface area contributed by atoms with Crippen molar-refractivity contribution in [1.29, 1.82) is 0 Å². The van der Waals surface area contributed by atoms with E-state index in [1.54, 1.807) is 0 Å². The number of aliphatic hydroxyl groups excluding tert-OH is 4. The molecule has 0 aromatic heterocycles. The molecule has 6 heteroatoms. The van der Waals surface area contributed by atoms with E-state index in [9.17, 15) is 25.2 Å². The molecule has 0 fully saturated rings. The van der Waals surface area contributed by atoms with Gasteiger partial charge in [0.2, 0.25) is 5.91 Å². The Morgan fingerprint density at radius 1 is 0.444 bits per heavy atom. The summed E-state index contributed by atoms with van der Waals surface area (Å²) in [5.74, 6) is -0.598. The second-order valence-corrected chi connectivity index (χ2v) is 16.1. The van der Waals surface area contributed by atoms with Gasteiger partial charge in [0.1, 0.15) is 12.2 Å². The maximum absolute atomic E-state index is 12.5. The lowest BCUT2D eigenvalue weighted by Crippen LogP contribution is -2.53. The van der Waals surface area contributed by atoms with Crippen LogP contribution in [-0.4, -0.2) is 57.3 Å². The molecule has 0 radical (unpaired) electrons. The largest absolute Gasteiger partial charge is 0.394 e. The summed E-state index contributed by atoms with van der Waals surface area (Å²) in [6.45, 7) is 4.04. The highest BCUT2D eigenvalue weighted by Crippen LogP contribution is 2.16. The number of hydrogen-bond acceptors (Lipinski definition) is 5. The summed E-state index contributed by atoms with van der Waals surface area (Å²) in [6, 6.07) is -1.01. The van der Waals surface area contributed by atoms with Crippen molar-refractivity contribution in [2.75, 3.05) is 6.61 Å². The third-order valence-electron chi connectivity index (χ3n) is 10.8. The van der Waals surface area contributed by atoms with Crippen LogP contribution in [0.25, 0.3) is 0 Å². The number of aliphatic hydroxyl groups is 4. The number of unbranched alkanes of at least 4 members (excludes halogenated alkanes) is 27. The fourth-order valence-corrected chi connectivity index (χ4v) is 7.08. The molecule has 0 spiro atoms. The molecule has 0 aromatic carbocycles. The van der Waals surface area contributed by atoms with Gasteiger partial charge >= 0.3 is 0 Å². The fraction of sp³-hybridized carbons (Fsp3) is 0.854. The maximum Gasteiger partial charge on any atom is 0.249 e. The van der Waals surface area contributed by atoms with E-state index in [0.717, 1.165) is 51.4 Å². The Labute approximate surface area is 335 Å². The van der Waals surface area contributed by atoms with Crippen molar-refractivity contribution >= 4 is 5.91 Å². The Morgan fingerprint density at radius 2 is 0.778 bits per heavy atom. The van der Waals surface area contributed by atoms with E-state index in [0.29, 0.717) is 19.3 Å². The van der Waals surface area contributed by atoms with Crippen LogP contribution in [0, 0.1) is 0 Å². The van der Waals surface area contributed by atoms with E-state index in [1.807, 2.05) is 0 Å². The first-order valence-corrected chi connectivity index (χ1v) is 23.4. The van der Waals surface area contributed by atoms with Crippen molar-refractivity contribution in [2.24, 2.45) is 0 Å². The monoisotopic (exact) mass is 762 g/mol. The normalized spacial score (nSPS) is 14.4. The van der Waals surface area contributed by atoms with Gasteiger partial charge < -0.3 is 25.7 Å². The van der Waals surface area contributed by atoms with Crippen molar-refractivity contribution in [3.63, 3.8) is 0 Å². The number of carbonyl (C=O) groups is 1. The van der Waals surface area contributed by atoms with Crippen molar-refractivity contribution < 1.29 is 25.2 Å². The zero-order chi connectivity index (χ0) is 39.6. The number of carbonyl (C=O) groups excluding carboxylic acids is 1. The zero-order valence-corrected chi connectivity index (χ0v) is 35.7. The predicted molar refractivity (Wildman–Crippen MR) is 233 cm³/mol. The number of hydrogen-bond donors (Lipinski definition) is 5. The van der Waals surface area contributed by atoms with Gasteiger partial charge in [-0.05, 0) is 64.2 Å². The SMILES string of the molecule is CCCCCCCCCCCC/C=C/CC/C=C/CC/C=C/CCCC(O)C(O)C(CO)NC(=O)C(O)CCCCCCCCCCCCCCCCC. The molecule has 0 aliphatic rings. The molecule has 0 rings (SSSR count). The van der Waals surface area contributed by atoms with Gasteiger partial charge in [0, 0.05) is 0 Å². The summed E-state index contributed by atoms with van der Waals surface area (Å²) in [4.78, 5) is 12.5. The lowest BCUT2D eigenvalue weighted by atomic mass is 10.00. The first-order chi connectivity index (χ1) is 26.5. The van der Waals surface area contributed by atoms with Gasteiger partial charge in [0.15, 0.2) is 0 Å². The molecule has 0 aromatic rings. The minimum absolute atomic E-state index is 0.361. The highest BCUT2D eigenvalue weighted by Gasteiger charge is 2.28. The van der Waals surface area contributed by atoms with E-state index in [4.69, 9.17) is 0 Å². The van der Waals surface area contributed by atoms with E-state index in [1.165, 1.54) is 148 Å². The third kappa shape index (κ3) is 36.2. The molecule has 0 saturated heterocycles. The van der Waals surface area contributed by atoms with Gasteiger partial charge in [-0.25, -0.2) is 0 Å². The number of rotatable bonds is 42. The van der Waals surface area contributed by atoms with Crippen LogP contribution in [0.4, 0.5) is 0 Å². The molecule has 0 aliphatic heterocycles. The topological polar surface area (TPSA) is 110 Å². The van der Waals surface area contributed by atoms with Crippen LogP contribution >= 0.6 is 0 Å². The van der Waals surface area contributed by atoms with Crippen molar-refractivity contribution in [3.05, 3.63) is 36.5 Å². The third-order valence-corrected chi connectivity index (χ3v) is 10.8. The Kier molecular flexibility index (Phi) is 41.5. The average molecular weight is 762 g/mol. The van der Waals surface area contributed by atoms with Gasteiger partial charge in [0.25, 0.3) is 0 Å². The van der Waals surface area contributed by atoms with E-state index in [-0.39, 0.29) is 0 Å². The van der Waals surface area contributed by atoms with E-state index in [2.05, 4.69) is 55.6 Å². The van der Waals surface area contributed by atoms with Gasteiger partial charge in [-0.15, -0.1) is 0 Å². The van der Waals surface area contributed by atoms with Gasteiger partial charge in [-0.3, -0.25) is 4.79 Å². The van der Waals surface area contributed by atoms with Gasteiger partial charge in [-0.1, -0.05) is 204 Å². The quantitative estimate of drug-likeness (QED) is 0.0314. The smallest absolute Gasteiger partial charge is 0.249 e. The van der Waals surface area contributed by atoms with E-state index < -0.39 is 36.9 Å². The van der Waals surface area contributed by atoms with Crippen LogP contribution in [0.3, 0.4) is 0 Å². The summed E-state index contributed by atoms with van der Waals surface area (Å²) < 4.78 is 0. The second-order valence-electron chi connectivity index (χ2n) is 16.1. The predicted octanol–water partition coefficient (Wildman–Crippen LogP) is 12.5. The van der Waals surface area contributed by atoms with Crippen LogP contribution in [0.1, 0.15) is 232 Å². The molecule has 0 saturated carbocycles. The van der Waals surface area contributed by atoms with Crippen LogP contribution in [-0.2, 0) is 4.79 Å². The lowest BCUT2D eigenvalue weighted by molar-refractivity contribution is -0.132. The summed E-state index contributed by atoms with van der Waals surface area (Å²) in [5.41, 5.74) is 0. The summed E-state index contributed by atoms with van der Waals surface area (Å²) in [7, 11) is 0. The molecular formula is C48H91NO5. The summed E-state index contributed by atoms with van der Waals surface area (Å²) in [5, 5.41) is 43.7. The summed E-state index contributed by atoms with van der Waals surface area (Å²) in [6.07, 6.45) is 50.4. The van der Waals surface area contributed by atoms with Crippen LogP contribution in [0.5, 0.6) is 0 Å². The van der Waals surface area contributed by atoms with Crippen molar-refractivity contribution in [3.8, 4) is 0 Å². The standard InChI is InChI=1S/C48H91NO5/c1-3-5-7-9-11-13-15-17-19-20-21-22-23-24-25-26-28-29-31-33-35-37-39-41-45(51)47(53)44(43-50)49-48(54)46(52)42-40-38-36-34-32-30-27-18-16-14-12-10-8-6-4-2/h22-23,26,28,33,35,44-47,50-53H,3-21,24-25,27,29-32,34,36-43H2,1-2H3,(H,49,54)/b23-22+,28-26+,35-33+. The van der Waals surface area contributed by atoms with Crippen LogP contribution in [0.15, 0.2) is 36.5 Å².